The van der Waals surface area contributed by atoms with E-state index in [1.165, 1.54) is 11.1 Å². The maximum absolute atomic E-state index is 12.2. The van der Waals surface area contributed by atoms with Crippen molar-refractivity contribution in [2.45, 2.75) is 13.0 Å². The lowest BCUT2D eigenvalue weighted by molar-refractivity contribution is 0.206. The number of hydrogen-bond donors (Lipinski definition) is 1. The maximum atomic E-state index is 12.2. The number of urea groups is 1. The van der Waals surface area contributed by atoms with Crippen molar-refractivity contribution in [2.24, 2.45) is 0 Å². The summed E-state index contributed by atoms with van der Waals surface area (Å²) in [4.78, 5) is 17.9. The molecular weight excluding hydrogens is 238 g/mol. The van der Waals surface area contributed by atoms with E-state index in [-0.39, 0.29) is 6.03 Å². The van der Waals surface area contributed by atoms with E-state index >= 15 is 0 Å². The average molecular weight is 253 g/mol. The second-order valence-corrected chi connectivity index (χ2v) is 4.61. The lowest BCUT2D eigenvalue weighted by Crippen LogP contribution is -2.38. The minimum Gasteiger partial charge on any atom is -0.320 e. The largest absolute Gasteiger partial charge is 0.322 e. The summed E-state index contributed by atoms with van der Waals surface area (Å²) in [6.07, 6.45) is 4.25. The van der Waals surface area contributed by atoms with Crippen molar-refractivity contribution in [3.05, 3.63) is 59.9 Å². The van der Waals surface area contributed by atoms with Gasteiger partial charge >= 0.3 is 6.03 Å². The number of aromatic nitrogens is 1. The molecule has 0 radical (unpaired) electrons. The van der Waals surface area contributed by atoms with Crippen molar-refractivity contribution in [1.29, 1.82) is 0 Å². The molecule has 1 aliphatic rings. The van der Waals surface area contributed by atoms with Crippen molar-refractivity contribution >= 4 is 11.7 Å². The van der Waals surface area contributed by atoms with Gasteiger partial charge in [-0.3, -0.25) is 4.98 Å². The van der Waals surface area contributed by atoms with Gasteiger partial charge in [0.05, 0.1) is 0 Å². The Morgan fingerprint density at radius 1 is 1.11 bits per heavy atom. The van der Waals surface area contributed by atoms with E-state index in [0.717, 1.165) is 18.7 Å². The van der Waals surface area contributed by atoms with Crippen molar-refractivity contribution < 1.29 is 4.79 Å². The zero-order chi connectivity index (χ0) is 13.1. The van der Waals surface area contributed by atoms with Crippen LogP contribution in [0.2, 0.25) is 0 Å². The van der Waals surface area contributed by atoms with Gasteiger partial charge < -0.3 is 10.2 Å². The van der Waals surface area contributed by atoms with Crippen LogP contribution in [0.1, 0.15) is 11.1 Å². The summed E-state index contributed by atoms with van der Waals surface area (Å²) >= 11 is 0. The third kappa shape index (κ3) is 2.57. The van der Waals surface area contributed by atoms with E-state index in [9.17, 15) is 4.79 Å². The molecule has 4 heteroatoms. The molecule has 0 saturated heterocycles. The van der Waals surface area contributed by atoms with Crippen LogP contribution in [-0.4, -0.2) is 22.5 Å². The van der Waals surface area contributed by atoms with E-state index in [1.807, 2.05) is 17.0 Å². The predicted octanol–water partition coefficient (Wildman–Crippen LogP) is 2.67. The van der Waals surface area contributed by atoms with E-state index < -0.39 is 0 Å². The Kier molecular flexibility index (Phi) is 3.14. The third-order valence-corrected chi connectivity index (χ3v) is 3.35. The van der Waals surface area contributed by atoms with Crippen LogP contribution in [0.4, 0.5) is 10.5 Å². The van der Waals surface area contributed by atoms with Gasteiger partial charge in [0.15, 0.2) is 0 Å². The monoisotopic (exact) mass is 253 g/mol. The van der Waals surface area contributed by atoms with E-state index in [1.54, 1.807) is 24.5 Å². The quantitative estimate of drug-likeness (QED) is 0.849. The smallest absolute Gasteiger partial charge is 0.320 e. The average Bonchev–Trinajstić information content (AvgIpc) is 2.48. The van der Waals surface area contributed by atoms with E-state index in [4.69, 9.17) is 0 Å². The van der Waals surface area contributed by atoms with Crippen LogP contribution in [-0.2, 0) is 13.0 Å². The number of hydrogen-bond acceptors (Lipinski definition) is 2. The fourth-order valence-electron chi connectivity index (χ4n) is 2.31. The van der Waals surface area contributed by atoms with Crippen LogP contribution in [0.25, 0.3) is 0 Å². The Labute approximate surface area is 112 Å². The topological polar surface area (TPSA) is 45.2 Å². The Morgan fingerprint density at radius 3 is 2.63 bits per heavy atom. The van der Waals surface area contributed by atoms with Crippen LogP contribution in [0.5, 0.6) is 0 Å². The Hall–Kier alpha value is -2.36. The number of benzene rings is 1. The second kappa shape index (κ2) is 5.10. The summed E-state index contributed by atoms with van der Waals surface area (Å²) in [5.74, 6) is 0. The fraction of sp³-hybridized carbons (Fsp3) is 0.200. The van der Waals surface area contributed by atoms with Crippen molar-refractivity contribution in [2.75, 3.05) is 11.9 Å². The molecule has 4 nitrogen and oxygen atoms in total. The molecule has 1 aliphatic heterocycles. The van der Waals surface area contributed by atoms with Crippen molar-refractivity contribution in [3.63, 3.8) is 0 Å². The first kappa shape index (κ1) is 11.7. The lowest BCUT2D eigenvalue weighted by atomic mass is 10.0. The predicted molar refractivity (Wildman–Crippen MR) is 73.8 cm³/mol. The van der Waals surface area contributed by atoms with Crippen molar-refractivity contribution in [3.8, 4) is 0 Å². The van der Waals surface area contributed by atoms with Crippen LogP contribution in [0, 0.1) is 0 Å². The maximum Gasteiger partial charge on any atom is 0.322 e. The molecule has 3 rings (SSSR count). The summed E-state index contributed by atoms with van der Waals surface area (Å²) < 4.78 is 0. The molecule has 0 saturated carbocycles. The Bertz CT molecular complexity index is 583. The number of carbonyl (C=O) groups excluding carboxylic acids is 1. The van der Waals surface area contributed by atoms with Gasteiger partial charge in [-0.1, -0.05) is 24.3 Å². The molecule has 2 amide bonds. The molecule has 0 atom stereocenters. The molecule has 0 fully saturated rings. The van der Waals surface area contributed by atoms with Gasteiger partial charge in [-0.15, -0.1) is 0 Å². The summed E-state index contributed by atoms with van der Waals surface area (Å²) in [5, 5.41) is 2.89. The normalized spacial score (nSPS) is 13.8. The van der Waals surface area contributed by atoms with Gasteiger partial charge in [0.25, 0.3) is 0 Å². The highest BCUT2D eigenvalue weighted by atomic mass is 16.2. The molecule has 2 aromatic rings. The standard InChI is InChI=1S/C15H15N3O/c19-15(17-14-5-8-16-9-6-14)18-10-7-12-3-1-2-4-13(12)11-18/h1-6,8-9H,7,10-11H2,(H,16,17,19). The molecule has 0 spiro atoms. The summed E-state index contributed by atoms with van der Waals surface area (Å²) in [6, 6.07) is 11.8. The molecule has 1 aromatic carbocycles. The summed E-state index contributed by atoms with van der Waals surface area (Å²) in [6.45, 7) is 1.43. The second-order valence-electron chi connectivity index (χ2n) is 4.61. The number of fused-ring (bicyclic) bond motifs is 1. The third-order valence-electron chi connectivity index (χ3n) is 3.35. The number of nitrogens with one attached hydrogen (secondary N) is 1. The highest BCUT2D eigenvalue weighted by Crippen LogP contribution is 2.19. The highest BCUT2D eigenvalue weighted by Gasteiger charge is 2.20. The van der Waals surface area contributed by atoms with Crippen LogP contribution in [0.15, 0.2) is 48.8 Å². The first-order valence-corrected chi connectivity index (χ1v) is 6.36. The lowest BCUT2D eigenvalue weighted by Gasteiger charge is -2.28. The fourth-order valence-corrected chi connectivity index (χ4v) is 2.31. The molecule has 0 aliphatic carbocycles. The number of nitrogens with zero attached hydrogens (tertiary/aromatic N) is 2. The molecule has 1 N–H and O–H groups in total. The molecule has 0 bridgehead atoms. The number of carbonyl (C=O) groups is 1. The van der Waals surface area contributed by atoms with Gasteiger partial charge in [0.1, 0.15) is 0 Å². The van der Waals surface area contributed by atoms with Crippen LogP contribution >= 0.6 is 0 Å². The van der Waals surface area contributed by atoms with Gasteiger partial charge in [-0.25, -0.2) is 4.79 Å². The molecule has 19 heavy (non-hydrogen) atoms. The van der Waals surface area contributed by atoms with Crippen molar-refractivity contribution in [1.82, 2.24) is 9.88 Å². The number of pyridine rings is 1. The van der Waals surface area contributed by atoms with Gasteiger partial charge in [0, 0.05) is 31.2 Å². The minimum atomic E-state index is -0.0549. The number of amides is 2. The van der Waals surface area contributed by atoms with Crippen LogP contribution < -0.4 is 5.32 Å². The van der Waals surface area contributed by atoms with Gasteiger partial charge in [-0.2, -0.15) is 0 Å². The Balaban J connectivity index is 1.70. The zero-order valence-corrected chi connectivity index (χ0v) is 10.5. The van der Waals surface area contributed by atoms with Gasteiger partial charge in [-0.05, 0) is 29.7 Å². The first-order valence-electron chi connectivity index (χ1n) is 6.36. The van der Waals surface area contributed by atoms with Gasteiger partial charge in [0.2, 0.25) is 0 Å². The summed E-state index contributed by atoms with van der Waals surface area (Å²) in [7, 11) is 0. The number of anilines is 1. The zero-order valence-electron chi connectivity index (χ0n) is 10.5. The summed E-state index contributed by atoms with van der Waals surface area (Å²) in [5.41, 5.74) is 3.35. The minimum absolute atomic E-state index is 0.0549. The number of rotatable bonds is 1. The first-order chi connectivity index (χ1) is 9.33. The van der Waals surface area contributed by atoms with Crippen LogP contribution in [0.3, 0.4) is 0 Å². The van der Waals surface area contributed by atoms with E-state index in [2.05, 4.69) is 22.4 Å². The van der Waals surface area contributed by atoms with E-state index in [0.29, 0.717) is 6.54 Å². The molecule has 2 heterocycles. The molecular formula is C15H15N3O. The molecule has 1 aromatic heterocycles. The Morgan fingerprint density at radius 2 is 1.84 bits per heavy atom. The molecule has 96 valence electrons. The SMILES string of the molecule is O=C(Nc1ccncc1)N1CCc2ccccc2C1. The molecule has 0 unspecified atom stereocenters. The highest BCUT2D eigenvalue weighted by molar-refractivity contribution is 5.89.